The fraction of sp³-hybridized carbons (Fsp3) is 0.692. The van der Waals surface area contributed by atoms with Gasteiger partial charge in [-0.15, -0.1) is 11.3 Å². The lowest BCUT2D eigenvalue weighted by atomic mass is 10.0. The van der Waals surface area contributed by atoms with Crippen LogP contribution in [0.5, 0.6) is 0 Å². The average molecular weight is 382 g/mol. The Morgan fingerprint density at radius 2 is 1.75 bits per heavy atom. The van der Waals surface area contributed by atoms with E-state index in [1.165, 1.54) is 15.6 Å². The van der Waals surface area contributed by atoms with Gasteiger partial charge in [0.15, 0.2) is 0 Å². The number of hydrogen-bond donors (Lipinski definition) is 0. The zero-order chi connectivity index (χ0) is 15.3. The van der Waals surface area contributed by atoms with Crippen LogP contribution in [0.3, 0.4) is 0 Å². The second kappa shape index (κ2) is 5.05. The van der Waals surface area contributed by atoms with Crippen LogP contribution in [0.2, 0.25) is 0 Å². The third kappa shape index (κ3) is 3.27. The third-order valence-corrected chi connectivity index (χ3v) is 6.73. The van der Waals surface area contributed by atoms with Crippen LogP contribution < -0.4 is 0 Å². The summed E-state index contributed by atoms with van der Waals surface area (Å²) < 4.78 is 34.0. The number of thiophene rings is 1. The van der Waals surface area contributed by atoms with Crippen molar-refractivity contribution >= 4 is 37.3 Å². The molecule has 114 valence electrons. The van der Waals surface area contributed by atoms with Crippen molar-refractivity contribution in [1.82, 2.24) is 4.31 Å². The molecule has 1 aliphatic rings. The summed E-state index contributed by atoms with van der Waals surface area (Å²) in [5, 5.41) is 0. The van der Waals surface area contributed by atoms with Crippen LogP contribution in [-0.2, 0) is 14.8 Å². The molecule has 0 bridgehead atoms. The molecule has 1 saturated heterocycles. The van der Waals surface area contributed by atoms with Crippen LogP contribution in [-0.4, -0.2) is 37.0 Å². The molecule has 0 aromatic carbocycles. The zero-order valence-electron chi connectivity index (χ0n) is 12.4. The second-order valence-electron chi connectivity index (χ2n) is 6.37. The minimum atomic E-state index is -3.48. The predicted octanol–water partition coefficient (Wildman–Crippen LogP) is 3.40. The minimum Gasteiger partial charge on any atom is -0.367 e. The molecule has 0 amide bonds. The van der Waals surface area contributed by atoms with Gasteiger partial charge in [-0.1, -0.05) is 0 Å². The van der Waals surface area contributed by atoms with Crippen molar-refractivity contribution in [1.29, 1.82) is 0 Å². The maximum absolute atomic E-state index is 12.9. The average Bonchev–Trinajstić information content (AvgIpc) is 2.53. The van der Waals surface area contributed by atoms with Crippen molar-refractivity contribution in [3.05, 3.63) is 14.7 Å². The lowest BCUT2D eigenvalue weighted by Crippen LogP contribution is -2.58. The summed E-state index contributed by atoms with van der Waals surface area (Å²) >= 11 is 4.79. The monoisotopic (exact) mass is 381 g/mol. The van der Waals surface area contributed by atoms with E-state index in [2.05, 4.69) is 15.9 Å². The van der Waals surface area contributed by atoms with Crippen molar-refractivity contribution in [2.24, 2.45) is 0 Å². The van der Waals surface area contributed by atoms with Gasteiger partial charge < -0.3 is 4.74 Å². The summed E-state index contributed by atoms with van der Waals surface area (Å²) in [4.78, 5) is 1.20. The molecule has 0 radical (unpaired) electrons. The molecule has 7 heteroatoms. The summed E-state index contributed by atoms with van der Waals surface area (Å²) in [5.74, 6) is 0. The van der Waals surface area contributed by atoms with E-state index < -0.39 is 21.2 Å². The van der Waals surface area contributed by atoms with E-state index in [0.29, 0.717) is 18.0 Å². The SMILES string of the molecule is Cc1sc(Br)cc1S(=O)(=O)N1CC(C)(C)OC(C)(C)C1. The standard InChI is InChI=1S/C13H20BrNO3S2/c1-9-10(6-11(14)19-9)20(16,17)15-7-12(2,3)18-13(4,5)8-15/h6H,7-8H2,1-5H3. The van der Waals surface area contributed by atoms with Crippen molar-refractivity contribution in [3.63, 3.8) is 0 Å². The highest BCUT2D eigenvalue weighted by molar-refractivity contribution is 9.11. The Hall–Kier alpha value is 0.0500. The molecule has 1 aliphatic heterocycles. The fourth-order valence-electron chi connectivity index (χ4n) is 2.71. The molecule has 0 aliphatic carbocycles. The molecule has 2 rings (SSSR count). The molecule has 0 N–H and O–H groups in total. The molecule has 0 saturated carbocycles. The van der Waals surface area contributed by atoms with Gasteiger partial charge in [-0.05, 0) is 56.6 Å². The molecule has 2 heterocycles. The van der Waals surface area contributed by atoms with Gasteiger partial charge in [0.1, 0.15) is 0 Å². The number of sulfonamides is 1. The van der Waals surface area contributed by atoms with E-state index in [-0.39, 0.29) is 0 Å². The van der Waals surface area contributed by atoms with Gasteiger partial charge in [0.2, 0.25) is 10.0 Å². The number of nitrogens with zero attached hydrogens (tertiary/aromatic N) is 1. The lowest BCUT2D eigenvalue weighted by molar-refractivity contribution is -0.163. The Morgan fingerprint density at radius 1 is 1.25 bits per heavy atom. The van der Waals surface area contributed by atoms with E-state index >= 15 is 0 Å². The van der Waals surface area contributed by atoms with Gasteiger partial charge in [0.05, 0.1) is 19.9 Å². The van der Waals surface area contributed by atoms with Crippen LogP contribution in [0.25, 0.3) is 0 Å². The van der Waals surface area contributed by atoms with E-state index in [0.717, 1.165) is 8.66 Å². The Bertz CT molecular complexity index is 604. The number of hydrogen-bond acceptors (Lipinski definition) is 4. The zero-order valence-corrected chi connectivity index (χ0v) is 15.6. The van der Waals surface area contributed by atoms with E-state index in [1.54, 1.807) is 6.07 Å². The normalized spacial score (nSPS) is 22.9. The van der Waals surface area contributed by atoms with Crippen molar-refractivity contribution in [2.75, 3.05) is 13.1 Å². The molecular formula is C13H20BrNO3S2. The highest BCUT2D eigenvalue weighted by Gasteiger charge is 2.43. The van der Waals surface area contributed by atoms with Crippen LogP contribution in [0.1, 0.15) is 32.6 Å². The number of aryl methyl sites for hydroxylation is 1. The predicted molar refractivity (Wildman–Crippen MR) is 84.8 cm³/mol. The maximum Gasteiger partial charge on any atom is 0.244 e. The quantitative estimate of drug-likeness (QED) is 0.788. The minimum absolute atomic E-state index is 0.367. The molecule has 0 spiro atoms. The first-order valence-corrected chi connectivity index (χ1v) is 9.44. The first-order chi connectivity index (χ1) is 8.93. The molecule has 1 aromatic rings. The highest BCUT2D eigenvalue weighted by atomic mass is 79.9. The molecule has 20 heavy (non-hydrogen) atoms. The summed E-state index contributed by atoms with van der Waals surface area (Å²) in [6.07, 6.45) is 0. The smallest absolute Gasteiger partial charge is 0.244 e. The van der Waals surface area contributed by atoms with Crippen LogP contribution >= 0.6 is 27.3 Å². The van der Waals surface area contributed by atoms with Crippen LogP contribution in [0.15, 0.2) is 14.7 Å². The topological polar surface area (TPSA) is 46.6 Å². The maximum atomic E-state index is 12.9. The third-order valence-electron chi connectivity index (χ3n) is 3.13. The molecule has 1 aromatic heterocycles. The van der Waals surface area contributed by atoms with Crippen molar-refractivity contribution < 1.29 is 13.2 Å². The first kappa shape index (κ1) is 16.4. The van der Waals surface area contributed by atoms with Crippen molar-refractivity contribution in [2.45, 2.75) is 50.7 Å². The van der Waals surface area contributed by atoms with Gasteiger partial charge in [0, 0.05) is 18.0 Å². The van der Waals surface area contributed by atoms with E-state index in [1.807, 2.05) is 34.6 Å². The van der Waals surface area contributed by atoms with Gasteiger partial charge >= 0.3 is 0 Å². The fourth-order valence-corrected chi connectivity index (χ4v) is 6.84. The lowest BCUT2D eigenvalue weighted by Gasteiger charge is -2.46. The molecule has 4 nitrogen and oxygen atoms in total. The molecular weight excluding hydrogens is 362 g/mol. The van der Waals surface area contributed by atoms with Gasteiger partial charge in [0.25, 0.3) is 0 Å². The Labute approximate surface area is 133 Å². The van der Waals surface area contributed by atoms with Crippen LogP contribution in [0.4, 0.5) is 0 Å². The molecule has 1 fully saturated rings. The second-order valence-corrected chi connectivity index (χ2v) is 10.9. The summed E-state index contributed by atoms with van der Waals surface area (Å²) in [7, 11) is -3.48. The van der Waals surface area contributed by atoms with E-state index in [9.17, 15) is 8.42 Å². The number of ether oxygens (including phenoxy) is 1. The highest BCUT2D eigenvalue weighted by Crippen LogP contribution is 2.35. The van der Waals surface area contributed by atoms with Gasteiger partial charge in [-0.3, -0.25) is 0 Å². The number of morpholine rings is 1. The number of halogens is 1. The van der Waals surface area contributed by atoms with Gasteiger partial charge in [-0.2, -0.15) is 4.31 Å². The Balaban J connectivity index is 2.42. The van der Waals surface area contributed by atoms with Crippen molar-refractivity contribution in [3.8, 4) is 0 Å². The number of rotatable bonds is 2. The van der Waals surface area contributed by atoms with Gasteiger partial charge in [-0.25, -0.2) is 8.42 Å². The van der Waals surface area contributed by atoms with E-state index in [4.69, 9.17) is 4.74 Å². The summed E-state index contributed by atoms with van der Waals surface area (Å²) in [6, 6.07) is 1.69. The first-order valence-electron chi connectivity index (χ1n) is 6.39. The molecule has 0 unspecified atom stereocenters. The Morgan fingerprint density at radius 3 is 2.15 bits per heavy atom. The largest absolute Gasteiger partial charge is 0.367 e. The Kier molecular flexibility index (Phi) is 4.15. The summed E-state index contributed by atoms with van der Waals surface area (Å²) in [5.41, 5.74) is -0.980. The van der Waals surface area contributed by atoms with Crippen LogP contribution in [0, 0.1) is 6.92 Å². The summed E-state index contributed by atoms with van der Waals surface area (Å²) in [6.45, 7) is 10.3. The molecule has 0 atom stereocenters.